The van der Waals surface area contributed by atoms with Crippen LogP contribution in [-0.2, 0) is 0 Å². The lowest BCUT2D eigenvalue weighted by Gasteiger charge is -2.44. The Kier molecular flexibility index (Phi) is 5.50. The molecule has 0 spiro atoms. The van der Waals surface area contributed by atoms with Gasteiger partial charge < -0.3 is 5.32 Å². The average Bonchev–Trinajstić information content (AvgIpc) is 2.29. The van der Waals surface area contributed by atoms with Gasteiger partial charge in [-0.3, -0.25) is 4.90 Å². The standard InChI is InChI=1S/C14H28N2/c1-6-8-12(4)16-10-14(11(3)7-2)15-9-13(16)5/h6,11-15H,1,7-10H2,2-5H3. The quantitative estimate of drug-likeness (QED) is 0.722. The Bertz CT molecular complexity index is 215. The molecule has 1 saturated heterocycles. The molecule has 4 atom stereocenters. The second-order valence-electron chi connectivity index (χ2n) is 5.32. The van der Waals surface area contributed by atoms with Crippen LogP contribution in [0.3, 0.4) is 0 Å². The van der Waals surface area contributed by atoms with E-state index >= 15 is 0 Å². The normalized spacial score (nSPS) is 31.0. The Morgan fingerprint density at radius 3 is 2.75 bits per heavy atom. The van der Waals surface area contributed by atoms with E-state index in [1.165, 1.54) is 13.0 Å². The summed E-state index contributed by atoms with van der Waals surface area (Å²) >= 11 is 0. The maximum absolute atomic E-state index is 3.85. The first kappa shape index (κ1) is 13.7. The molecule has 0 aromatic carbocycles. The Morgan fingerprint density at radius 2 is 2.19 bits per heavy atom. The number of piperazine rings is 1. The first-order valence-corrected chi connectivity index (χ1v) is 6.70. The van der Waals surface area contributed by atoms with Crippen LogP contribution in [0.25, 0.3) is 0 Å². The van der Waals surface area contributed by atoms with E-state index in [-0.39, 0.29) is 0 Å². The fraction of sp³-hybridized carbons (Fsp3) is 0.857. The summed E-state index contributed by atoms with van der Waals surface area (Å²) in [6, 6.07) is 1.94. The van der Waals surface area contributed by atoms with Gasteiger partial charge in [0.05, 0.1) is 0 Å². The van der Waals surface area contributed by atoms with Gasteiger partial charge in [-0.1, -0.05) is 26.3 Å². The molecule has 1 fully saturated rings. The maximum Gasteiger partial charge on any atom is 0.0221 e. The molecule has 2 nitrogen and oxygen atoms in total. The molecule has 94 valence electrons. The number of nitrogens with zero attached hydrogens (tertiary/aromatic N) is 1. The molecule has 2 heteroatoms. The molecular weight excluding hydrogens is 196 g/mol. The van der Waals surface area contributed by atoms with Crippen molar-refractivity contribution in [3.63, 3.8) is 0 Å². The highest BCUT2D eigenvalue weighted by atomic mass is 15.2. The monoisotopic (exact) mass is 224 g/mol. The van der Waals surface area contributed by atoms with Gasteiger partial charge in [0.2, 0.25) is 0 Å². The third-order valence-corrected chi connectivity index (χ3v) is 4.05. The molecule has 0 aromatic heterocycles. The average molecular weight is 224 g/mol. The molecule has 0 saturated carbocycles. The predicted molar refractivity (Wildman–Crippen MR) is 71.7 cm³/mol. The molecule has 16 heavy (non-hydrogen) atoms. The molecule has 1 aliphatic rings. The second-order valence-corrected chi connectivity index (χ2v) is 5.32. The zero-order valence-corrected chi connectivity index (χ0v) is 11.4. The van der Waals surface area contributed by atoms with Crippen molar-refractivity contribution in [2.75, 3.05) is 13.1 Å². The van der Waals surface area contributed by atoms with Crippen LogP contribution in [0.1, 0.15) is 40.5 Å². The van der Waals surface area contributed by atoms with Crippen molar-refractivity contribution in [1.82, 2.24) is 10.2 Å². The minimum Gasteiger partial charge on any atom is -0.311 e. The smallest absolute Gasteiger partial charge is 0.0221 e. The van der Waals surface area contributed by atoms with E-state index in [4.69, 9.17) is 0 Å². The van der Waals surface area contributed by atoms with Crippen LogP contribution in [-0.4, -0.2) is 36.1 Å². The van der Waals surface area contributed by atoms with Crippen LogP contribution >= 0.6 is 0 Å². The lowest BCUT2D eigenvalue weighted by Crippen LogP contribution is -2.59. The van der Waals surface area contributed by atoms with Crippen LogP contribution in [0.2, 0.25) is 0 Å². The van der Waals surface area contributed by atoms with Crippen LogP contribution in [0.15, 0.2) is 12.7 Å². The summed E-state index contributed by atoms with van der Waals surface area (Å²) in [5, 5.41) is 3.68. The summed E-state index contributed by atoms with van der Waals surface area (Å²) in [5.41, 5.74) is 0. The first-order valence-electron chi connectivity index (χ1n) is 6.70. The molecule has 1 rings (SSSR count). The molecule has 0 bridgehead atoms. The highest BCUT2D eigenvalue weighted by Gasteiger charge is 2.29. The van der Waals surface area contributed by atoms with Gasteiger partial charge in [-0.25, -0.2) is 0 Å². The van der Waals surface area contributed by atoms with Crippen molar-refractivity contribution in [1.29, 1.82) is 0 Å². The van der Waals surface area contributed by atoms with Gasteiger partial charge in [0.25, 0.3) is 0 Å². The zero-order valence-electron chi connectivity index (χ0n) is 11.4. The largest absolute Gasteiger partial charge is 0.311 e. The van der Waals surface area contributed by atoms with Crippen molar-refractivity contribution in [3.8, 4) is 0 Å². The number of hydrogen-bond donors (Lipinski definition) is 1. The van der Waals surface area contributed by atoms with Gasteiger partial charge in [-0.2, -0.15) is 0 Å². The molecule has 1 N–H and O–H groups in total. The van der Waals surface area contributed by atoms with Crippen LogP contribution in [0, 0.1) is 5.92 Å². The fourth-order valence-corrected chi connectivity index (χ4v) is 2.57. The van der Waals surface area contributed by atoms with E-state index in [1.807, 2.05) is 6.08 Å². The lowest BCUT2D eigenvalue weighted by atomic mass is 9.94. The molecular formula is C14H28N2. The highest BCUT2D eigenvalue weighted by Crippen LogP contribution is 2.18. The summed E-state index contributed by atoms with van der Waals surface area (Å²) in [4.78, 5) is 2.63. The third kappa shape index (κ3) is 3.33. The molecule has 0 amide bonds. The molecule has 0 radical (unpaired) electrons. The van der Waals surface area contributed by atoms with E-state index in [2.05, 4.69) is 44.5 Å². The van der Waals surface area contributed by atoms with Gasteiger partial charge in [-0.05, 0) is 26.2 Å². The molecule has 1 heterocycles. The Morgan fingerprint density at radius 1 is 1.50 bits per heavy atom. The number of rotatable bonds is 5. The van der Waals surface area contributed by atoms with Crippen molar-refractivity contribution >= 4 is 0 Å². The molecule has 4 unspecified atom stereocenters. The van der Waals surface area contributed by atoms with E-state index < -0.39 is 0 Å². The summed E-state index contributed by atoms with van der Waals surface area (Å²) < 4.78 is 0. The van der Waals surface area contributed by atoms with Crippen LogP contribution in [0.5, 0.6) is 0 Å². The van der Waals surface area contributed by atoms with Crippen molar-refractivity contribution < 1.29 is 0 Å². The van der Waals surface area contributed by atoms with E-state index in [0.717, 1.165) is 18.9 Å². The lowest BCUT2D eigenvalue weighted by molar-refractivity contribution is 0.0831. The van der Waals surface area contributed by atoms with Crippen LogP contribution < -0.4 is 5.32 Å². The topological polar surface area (TPSA) is 15.3 Å². The summed E-state index contributed by atoms with van der Waals surface area (Å²) in [7, 11) is 0. The van der Waals surface area contributed by atoms with Gasteiger partial charge >= 0.3 is 0 Å². The van der Waals surface area contributed by atoms with Crippen LogP contribution in [0.4, 0.5) is 0 Å². The SMILES string of the molecule is C=CCC(C)N1CC(C(C)CC)NCC1C. The predicted octanol–water partition coefficient (Wildman–Crippen LogP) is 2.66. The summed E-state index contributed by atoms with van der Waals surface area (Å²) in [5.74, 6) is 0.769. The Balaban J connectivity index is 2.57. The number of hydrogen-bond acceptors (Lipinski definition) is 2. The van der Waals surface area contributed by atoms with E-state index in [1.54, 1.807) is 0 Å². The molecule has 0 aliphatic carbocycles. The maximum atomic E-state index is 3.85. The number of nitrogens with one attached hydrogen (secondary N) is 1. The minimum absolute atomic E-state index is 0.626. The van der Waals surface area contributed by atoms with Crippen molar-refractivity contribution in [2.24, 2.45) is 5.92 Å². The minimum atomic E-state index is 0.626. The Hall–Kier alpha value is -0.340. The van der Waals surface area contributed by atoms with Gasteiger partial charge in [0.1, 0.15) is 0 Å². The first-order chi connectivity index (χ1) is 7.60. The van der Waals surface area contributed by atoms with Gasteiger partial charge in [0, 0.05) is 31.2 Å². The molecule has 1 aliphatic heterocycles. The summed E-state index contributed by atoms with van der Waals surface area (Å²) in [6.07, 6.45) is 4.39. The molecule has 0 aromatic rings. The third-order valence-electron chi connectivity index (χ3n) is 4.05. The van der Waals surface area contributed by atoms with E-state index in [0.29, 0.717) is 18.1 Å². The second kappa shape index (κ2) is 6.41. The Labute approximate surface area is 101 Å². The fourth-order valence-electron chi connectivity index (χ4n) is 2.57. The van der Waals surface area contributed by atoms with Gasteiger partial charge in [0.15, 0.2) is 0 Å². The van der Waals surface area contributed by atoms with Crippen molar-refractivity contribution in [3.05, 3.63) is 12.7 Å². The van der Waals surface area contributed by atoms with Crippen molar-refractivity contribution in [2.45, 2.75) is 58.7 Å². The highest BCUT2D eigenvalue weighted by molar-refractivity contribution is 4.90. The van der Waals surface area contributed by atoms with E-state index in [9.17, 15) is 0 Å². The summed E-state index contributed by atoms with van der Waals surface area (Å²) in [6.45, 7) is 15.4. The van der Waals surface area contributed by atoms with Gasteiger partial charge in [-0.15, -0.1) is 6.58 Å². The zero-order chi connectivity index (χ0) is 12.1.